The SMILES string of the molecule is Cc1cccc(B(O)O)c1C1OCCCO1. The number of benzene rings is 1. The van der Waals surface area contributed by atoms with Gasteiger partial charge in [0.05, 0.1) is 13.2 Å². The van der Waals surface area contributed by atoms with Crippen LogP contribution in [-0.2, 0) is 9.47 Å². The molecule has 0 unspecified atom stereocenters. The minimum Gasteiger partial charge on any atom is -0.423 e. The molecule has 0 saturated carbocycles. The highest BCUT2D eigenvalue weighted by Gasteiger charge is 2.26. The molecule has 16 heavy (non-hydrogen) atoms. The monoisotopic (exact) mass is 222 g/mol. The Morgan fingerprint density at radius 1 is 1.25 bits per heavy atom. The first-order chi connectivity index (χ1) is 7.70. The van der Waals surface area contributed by atoms with E-state index in [0.717, 1.165) is 17.5 Å². The molecule has 0 atom stereocenters. The van der Waals surface area contributed by atoms with Crippen molar-refractivity contribution in [1.82, 2.24) is 0 Å². The molecule has 5 heteroatoms. The van der Waals surface area contributed by atoms with Gasteiger partial charge in [0.15, 0.2) is 6.29 Å². The van der Waals surface area contributed by atoms with Gasteiger partial charge in [-0.05, 0) is 24.4 Å². The second-order valence-corrected chi connectivity index (χ2v) is 3.88. The minimum absolute atomic E-state index is 0.451. The molecule has 2 N–H and O–H groups in total. The van der Waals surface area contributed by atoms with Gasteiger partial charge in [0.25, 0.3) is 0 Å². The van der Waals surface area contributed by atoms with Crippen molar-refractivity contribution in [2.24, 2.45) is 0 Å². The summed E-state index contributed by atoms with van der Waals surface area (Å²) in [5.74, 6) is 0. The third-order valence-electron chi connectivity index (χ3n) is 2.70. The highest BCUT2D eigenvalue weighted by atomic mass is 16.7. The van der Waals surface area contributed by atoms with E-state index in [1.54, 1.807) is 12.1 Å². The maximum atomic E-state index is 9.30. The lowest BCUT2D eigenvalue weighted by molar-refractivity contribution is -0.182. The topological polar surface area (TPSA) is 58.9 Å². The number of hydrogen-bond donors (Lipinski definition) is 2. The third kappa shape index (κ3) is 2.27. The Hall–Kier alpha value is -0.875. The number of aryl methyl sites for hydroxylation is 1. The van der Waals surface area contributed by atoms with Crippen molar-refractivity contribution in [2.45, 2.75) is 19.6 Å². The fraction of sp³-hybridized carbons (Fsp3) is 0.455. The molecule has 1 aliphatic heterocycles. The highest BCUT2D eigenvalue weighted by molar-refractivity contribution is 6.59. The molecule has 1 aliphatic rings. The molecule has 0 bridgehead atoms. The molecule has 0 spiro atoms. The van der Waals surface area contributed by atoms with Gasteiger partial charge < -0.3 is 19.5 Å². The maximum Gasteiger partial charge on any atom is 0.488 e. The van der Waals surface area contributed by atoms with E-state index in [2.05, 4.69) is 0 Å². The van der Waals surface area contributed by atoms with E-state index in [4.69, 9.17) is 9.47 Å². The van der Waals surface area contributed by atoms with Crippen molar-refractivity contribution in [1.29, 1.82) is 0 Å². The molecule has 0 radical (unpaired) electrons. The lowest BCUT2D eigenvalue weighted by Gasteiger charge is -2.26. The van der Waals surface area contributed by atoms with Crippen molar-refractivity contribution < 1.29 is 19.5 Å². The highest BCUT2D eigenvalue weighted by Crippen LogP contribution is 2.24. The summed E-state index contributed by atoms with van der Waals surface area (Å²) in [6, 6.07) is 5.37. The van der Waals surface area contributed by atoms with Crippen LogP contribution in [0.1, 0.15) is 23.8 Å². The zero-order valence-corrected chi connectivity index (χ0v) is 9.22. The molecule has 1 aromatic carbocycles. The minimum atomic E-state index is -1.50. The van der Waals surface area contributed by atoms with Crippen LogP contribution in [0, 0.1) is 6.92 Å². The van der Waals surface area contributed by atoms with Gasteiger partial charge in [-0.25, -0.2) is 0 Å². The van der Waals surface area contributed by atoms with Crippen LogP contribution in [-0.4, -0.2) is 30.4 Å². The Bertz CT molecular complexity index is 361. The summed E-state index contributed by atoms with van der Waals surface area (Å²) in [6.45, 7) is 3.18. The number of rotatable bonds is 2. The van der Waals surface area contributed by atoms with Crippen molar-refractivity contribution in [3.8, 4) is 0 Å². The van der Waals surface area contributed by atoms with Crippen LogP contribution in [0.5, 0.6) is 0 Å². The summed E-state index contributed by atoms with van der Waals surface area (Å²) in [5.41, 5.74) is 2.13. The summed E-state index contributed by atoms with van der Waals surface area (Å²) in [6.07, 6.45) is 0.395. The van der Waals surface area contributed by atoms with Crippen molar-refractivity contribution in [3.05, 3.63) is 29.3 Å². The smallest absolute Gasteiger partial charge is 0.423 e. The average molecular weight is 222 g/mol. The van der Waals surface area contributed by atoms with Crippen molar-refractivity contribution in [2.75, 3.05) is 13.2 Å². The van der Waals surface area contributed by atoms with Crippen LogP contribution in [0.25, 0.3) is 0 Å². The number of ether oxygens (including phenoxy) is 2. The van der Waals surface area contributed by atoms with Crippen LogP contribution in [0.3, 0.4) is 0 Å². The Balaban J connectivity index is 2.36. The van der Waals surface area contributed by atoms with Gasteiger partial charge in [-0.2, -0.15) is 0 Å². The van der Waals surface area contributed by atoms with Gasteiger partial charge >= 0.3 is 7.12 Å². The first kappa shape index (κ1) is 11.6. The van der Waals surface area contributed by atoms with E-state index in [-0.39, 0.29) is 0 Å². The maximum absolute atomic E-state index is 9.30. The summed E-state index contributed by atoms with van der Waals surface area (Å²) in [4.78, 5) is 0. The van der Waals surface area contributed by atoms with Crippen LogP contribution < -0.4 is 5.46 Å². The zero-order chi connectivity index (χ0) is 11.5. The van der Waals surface area contributed by atoms with E-state index in [1.807, 2.05) is 13.0 Å². The Morgan fingerprint density at radius 3 is 2.56 bits per heavy atom. The molecule has 4 nitrogen and oxygen atoms in total. The summed E-state index contributed by atoms with van der Waals surface area (Å²) >= 11 is 0. The van der Waals surface area contributed by atoms with Crippen molar-refractivity contribution in [3.63, 3.8) is 0 Å². The fourth-order valence-corrected chi connectivity index (χ4v) is 1.90. The van der Waals surface area contributed by atoms with Crippen LogP contribution in [0.4, 0.5) is 0 Å². The summed E-state index contributed by atoms with van der Waals surface area (Å²) < 4.78 is 11.0. The van der Waals surface area contributed by atoms with E-state index in [9.17, 15) is 10.0 Å². The molecule has 1 fully saturated rings. The number of hydrogen-bond acceptors (Lipinski definition) is 4. The first-order valence-corrected chi connectivity index (χ1v) is 5.39. The van der Waals surface area contributed by atoms with E-state index in [1.165, 1.54) is 0 Å². The second-order valence-electron chi connectivity index (χ2n) is 3.88. The molecule has 0 aliphatic carbocycles. The van der Waals surface area contributed by atoms with Gasteiger partial charge in [-0.3, -0.25) is 0 Å². The predicted molar refractivity (Wildman–Crippen MR) is 60.3 cm³/mol. The van der Waals surface area contributed by atoms with Gasteiger partial charge in [-0.1, -0.05) is 18.2 Å². The standard InChI is InChI=1S/C11H15BO4/c1-8-4-2-5-9(12(13)14)10(8)11-15-6-3-7-16-11/h2,4-5,11,13-14H,3,6-7H2,1H3. The van der Waals surface area contributed by atoms with E-state index in [0.29, 0.717) is 18.7 Å². The Labute approximate surface area is 95.0 Å². The van der Waals surface area contributed by atoms with Gasteiger partial charge in [-0.15, -0.1) is 0 Å². The van der Waals surface area contributed by atoms with Crippen LogP contribution >= 0.6 is 0 Å². The zero-order valence-electron chi connectivity index (χ0n) is 9.22. The van der Waals surface area contributed by atoms with Crippen molar-refractivity contribution >= 4 is 12.6 Å². The third-order valence-corrected chi connectivity index (χ3v) is 2.70. The summed E-state index contributed by atoms with van der Waals surface area (Å²) in [7, 11) is -1.50. The molecule has 1 heterocycles. The molecule has 0 amide bonds. The quantitative estimate of drug-likeness (QED) is 0.697. The van der Waals surface area contributed by atoms with Crippen LogP contribution in [0.15, 0.2) is 18.2 Å². The summed E-state index contributed by atoms with van der Waals surface area (Å²) in [5, 5.41) is 18.6. The predicted octanol–water partition coefficient (Wildman–Crippen LogP) is 0.110. The second kappa shape index (κ2) is 4.97. The lowest BCUT2D eigenvalue weighted by atomic mass is 9.75. The lowest BCUT2D eigenvalue weighted by Crippen LogP contribution is -2.36. The van der Waals surface area contributed by atoms with Crippen LogP contribution in [0.2, 0.25) is 0 Å². The Kier molecular flexibility index (Phi) is 3.61. The molecular weight excluding hydrogens is 207 g/mol. The van der Waals surface area contributed by atoms with E-state index < -0.39 is 13.4 Å². The molecule has 1 aromatic rings. The first-order valence-electron chi connectivity index (χ1n) is 5.39. The molecule has 0 aromatic heterocycles. The normalized spacial score (nSPS) is 17.4. The fourth-order valence-electron chi connectivity index (χ4n) is 1.90. The average Bonchev–Trinajstić information content (AvgIpc) is 2.29. The molecular formula is C11H15BO4. The molecule has 2 rings (SSSR count). The van der Waals surface area contributed by atoms with E-state index >= 15 is 0 Å². The van der Waals surface area contributed by atoms with Gasteiger partial charge in [0.2, 0.25) is 0 Å². The molecule has 1 saturated heterocycles. The van der Waals surface area contributed by atoms with Gasteiger partial charge in [0, 0.05) is 5.56 Å². The Morgan fingerprint density at radius 2 is 1.94 bits per heavy atom. The molecule has 86 valence electrons. The van der Waals surface area contributed by atoms with Gasteiger partial charge in [0.1, 0.15) is 0 Å². The largest absolute Gasteiger partial charge is 0.488 e.